The number of hydrogen-bond acceptors (Lipinski definition) is 7. The molecule has 1 aromatic heterocycles. The third kappa shape index (κ3) is 6.89. The van der Waals surface area contributed by atoms with Crippen molar-refractivity contribution in [3.63, 3.8) is 0 Å². The fourth-order valence-corrected chi connectivity index (χ4v) is 6.73. The van der Waals surface area contributed by atoms with E-state index in [-0.39, 0.29) is 23.2 Å². The minimum atomic E-state index is -1.38. The van der Waals surface area contributed by atoms with Gasteiger partial charge in [0.05, 0.1) is 30.5 Å². The number of carboxylic acid groups (broad SMARTS) is 1. The Morgan fingerprint density at radius 1 is 1.23 bits per heavy atom. The fourth-order valence-electron chi connectivity index (χ4n) is 5.12. The van der Waals surface area contributed by atoms with Crippen LogP contribution in [0, 0.1) is 23.5 Å². The standard InChI is InChI=1S/C30H36F2N2O4S2/c1-5-6-13-38-28-20(19-9-7-18(8-10-19)17(2)3)11-12-21(27(28)32)29-33-26(16-39-29)40-34-24-15-23(31)22(30(35)36)14-25(24)37-4/h11-12,14-19,34H,5-10,13H2,1-4H3,(H,35,36). The van der Waals surface area contributed by atoms with E-state index in [0.717, 1.165) is 74.1 Å². The number of ether oxygens (including phenoxy) is 2. The smallest absolute Gasteiger partial charge is 0.338 e. The summed E-state index contributed by atoms with van der Waals surface area (Å²) in [5.74, 6) is -0.456. The number of methoxy groups -OCH3 is 1. The van der Waals surface area contributed by atoms with E-state index in [4.69, 9.17) is 14.6 Å². The number of benzene rings is 2. The first-order chi connectivity index (χ1) is 19.2. The van der Waals surface area contributed by atoms with E-state index in [2.05, 4.69) is 30.5 Å². The summed E-state index contributed by atoms with van der Waals surface area (Å²) in [6.07, 6.45) is 6.18. The zero-order valence-corrected chi connectivity index (χ0v) is 24.9. The quantitative estimate of drug-likeness (QED) is 0.161. The number of nitrogens with one attached hydrogen (secondary N) is 1. The van der Waals surface area contributed by atoms with Gasteiger partial charge in [-0.2, -0.15) is 0 Å². The highest BCUT2D eigenvalue weighted by atomic mass is 32.2. The monoisotopic (exact) mass is 590 g/mol. The summed E-state index contributed by atoms with van der Waals surface area (Å²) < 4.78 is 44.5. The van der Waals surface area contributed by atoms with Crippen molar-refractivity contribution in [2.45, 2.75) is 70.2 Å². The van der Waals surface area contributed by atoms with E-state index in [9.17, 15) is 9.18 Å². The molecule has 2 N–H and O–H groups in total. The predicted molar refractivity (Wildman–Crippen MR) is 157 cm³/mol. The van der Waals surface area contributed by atoms with Crippen LogP contribution in [0.1, 0.15) is 81.1 Å². The average Bonchev–Trinajstić information content (AvgIpc) is 3.41. The van der Waals surface area contributed by atoms with Crippen molar-refractivity contribution in [2.24, 2.45) is 11.8 Å². The Labute approximate surface area is 242 Å². The first-order valence-corrected chi connectivity index (χ1v) is 15.4. The lowest BCUT2D eigenvalue weighted by Crippen LogP contribution is -2.18. The van der Waals surface area contributed by atoms with Gasteiger partial charge < -0.3 is 19.3 Å². The summed E-state index contributed by atoms with van der Waals surface area (Å²) in [5.41, 5.74) is 1.12. The molecule has 0 amide bonds. The molecule has 1 aliphatic rings. The lowest BCUT2D eigenvalue weighted by molar-refractivity contribution is 0.0691. The van der Waals surface area contributed by atoms with Gasteiger partial charge in [0.25, 0.3) is 0 Å². The summed E-state index contributed by atoms with van der Waals surface area (Å²) in [5, 5.41) is 12.0. The Balaban J connectivity index is 1.54. The maximum atomic E-state index is 16.0. The topological polar surface area (TPSA) is 80.7 Å². The summed E-state index contributed by atoms with van der Waals surface area (Å²) >= 11 is 2.40. The van der Waals surface area contributed by atoms with Crippen LogP contribution in [0.15, 0.2) is 34.7 Å². The molecule has 1 heterocycles. The van der Waals surface area contributed by atoms with Gasteiger partial charge in [0.15, 0.2) is 11.6 Å². The zero-order chi connectivity index (χ0) is 28.8. The molecule has 216 valence electrons. The number of carboxylic acids is 1. The summed E-state index contributed by atoms with van der Waals surface area (Å²) in [7, 11) is 1.37. The highest BCUT2D eigenvalue weighted by molar-refractivity contribution is 8.00. The first-order valence-electron chi connectivity index (χ1n) is 13.7. The Morgan fingerprint density at radius 3 is 2.62 bits per heavy atom. The molecule has 1 aliphatic carbocycles. The summed E-state index contributed by atoms with van der Waals surface area (Å²) in [6.45, 7) is 7.10. The van der Waals surface area contributed by atoms with Gasteiger partial charge in [0.1, 0.15) is 21.6 Å². The van der Waals surface area contributed by atoms with E-state index < -0.39 is 17.3 Å². The number of thiazole rings is 1. The molecule has 1 saturated carbocycles. The Hall–Kier alpha value is -2.85. The van der Waals surface area contributed by atoms with Crippen molar-refractivity contribution in [2.75, 3.05) is 18.4 Å². The number of carbonyl (C=O) groups is 1. The Bertz CT molecular complexity index is 1320. The molecule has 3 aromatic rings. The molecule has 0 aliphatic heterocycles. The van der Waals surface area contributed by atoms with Gasteiger partial charge in [-0.1, -0.05) is 33.3 Å². The van der Waals surface area contributed by atoms with Gasteiger partial charge in [-0.15, -0.1) is 11.3 Å². The molecule has 2 aromatic carbocycles. The van der Waals surface area contributed by atoms with Crippen LogP contribution in [-0.4, -0.2) is 29.8 Å². The average molecular weight is 591 g/mol. The van der Waals surface area contributed by atoms with Gasteiger partial charge in [-0.3, -0.25) is 0 Å². The summed E-state index contributed by atoms with van der Waals surface area (Å²) in [4.78, 5) is 15.8. The molecule has 0 radical (unpaired) electrons. The van der Waals surface area contributed by atoms with Crippen molar-refractivity contribution >= 4 is 34.9 Å². The van der Waals surface area contributed by atoms with Gasteiger partial charge in [0, 0.05) is 29.0 Å². The third-order valence-electron chi connectivity index (χ3n) is 7.52. The third-order valence-corrected chi connectivity index (χ3v) is 9.29. The van der Waals surface area contributed by atoms with Crippen LogP contribution in [0.2, 0.25) is 0 Å². The van der Waals surface area contributed by atoms with Crippen molar-refractivity contribution < 1.29 is 28.2 Å². The molecule has 1 fully saturated rings. The van der Waals surface area contributed by atoms with Crippen LogP contribution in [-0.2, 0) is 0 Å². The molecule has 0 saturated heterocycles. The highest BCUT2D eigenvalue weighted by Gasteiger charge is 2.29. The molecule has 6 nitrogen and oxygen atoms in total. The van der Waals surface area contributed by atoms with Crippen molar-refractivity contribution in [3.8, 4) is 22.1 Å². The molecular formula is C30H36F2N2O4S2. The van der Waals surface area contributed by atoms with Crippen molar-refractivity contribution in [3.05, 3.63) is 52.4 Å². The van der Waals surface area contributed by atoms with E-state index in [1.54, 1.807) is 11.4 Å². The van der Waals surface area contributed by atoms with Crippen LogP contribution in [0.25, 0.3) is 10.6 Å². The number of rotatable bonds is 12. The molecule has 4 rings (SSSR count). The van der Waals surface area contributed by atoms with Gasteiger partial charge in [-0.05, 0) is 62.0 Å². The number of halogens is 2. The van der Waals surface area contributed by atoms with Gasteiger partial charge in [0.2, 0.25) is 0 Å². The number of anilines is 1. The second kappa shape index (κ2) is 13.7. The molecule has 0 bridgehead atoms. The fraction of sp³-hybridized carbons (Fsp3) is 0.467. The molecular weight excluding hydrogens is 554 g/mol. The van der Waals surface area contributed by atoms with E-state index in [0.29, 0.717) is 33.9 Å². The summed E-state index contributed by atoms with van der Waals surface area (Å²) in [6, 6.07) is 5.99. The van der Waals surface area contributed by atoms with Gasteiger partial charge >= 0.3 is 5.97 Å². The van der Waals surface area contributed by atoms with Crippen LogP contribution >= 0.6 is 23.3 Å². The van der Waals surface area contributed by atoms with Crippen LogP contribution in [0.5, 0.6) is 11.5 Å². The van der Waals surface area contributed by atoms with Crippen LogP contribution < -0.4 is 14.2 Å². The molecule has 0 unspecified atom stereocenters. The normalized spacial score (nSPS) is 17.2. The lowest BCUT2D eigenvalue weighted by Gasteiger charge is -2.32. The highest BCUT2D eigenvalue weighted by Crippen LogP contribution is 2.45. The number of nitrogens with zero attached hydrogens (tertiary/aromatic N) is 1. The van der Waals surface area contributed by atoms with E-state index in [1.165, 1.54) is 18.4 Å². The number of unbranched alkanes of at least 4 members (excludes halogenated alkanes) is 1. The van der Waals surface area contributed by atoms with Crippen LogP contribution in [0.3, 0.4) is 0 Å². The SMILES string of the molecule is CCCCOc1c(C2CCC(C(C)C)CC2)ccc(-c2nc(SNc3cc(F)c(C(=O)O)cc3OC)cs2)c1F. The molecule has 0 spiro atoms. The maximum absolute atomic E-state index is 16.0. The molecule has 40 heavy (non-hydrogen) atoms. The number of hydrogen-bond donors (Lipinski definition) is 2. The zero-order valence-electron chi connectivity index (χ0n) is 23.3. The van der Waals surface area contributed by atoms with Gasteiger partial charge in [-0.25, -0.2) is 18.6 Å². The van der Waals surface area contributed by atoms with Crippen molar-refractivity contribution in [1.29, 1.82) is 0 Å². The predicted octanol–water partition coefficient (Wildman–Crippen LogP) is 9.02. The van der Waals surface area contributed by atoms with Crippen molar-refractivity contribution in [1.82, 2.24) is 4.98 Å². The van der Waals surface area contributed by atoms with Crippen LogP contribution in [0.4, 0.5) is 14.5 Å². The Kier molecular flexibility index (Phi) is 10.3. The molecule has 10 heteroatoms. The number of aromatic carboxylic acids is 1. The second-order valence-corrected chi connectivity index (χ2v) is 12.1. The Morgan fingerprint density at radius 2 is 1.98 bits per heavy atom. The number of aromatic nitrogens is 1. The van der Waals surface area contributed by atoms with E-state index in [1.807, 2.05) is 6.07 Å². The van der Waals surface area contributed by atoms with E-state index >= 15 is 4.39 Å². The maximum Gasteiger partial charge on any atom is 0.338 e. The molecule has 0 atom stereocenters. The minimum absolute atomic E-state index is 0.180. The minimum Gasteiger partial charge on any atom is -0.495 e. The lowest BCUT2D eigenvalue weighted by atomic mass is 9.74. The largest absolute Gasteiger partial charge is 0.495 e. The second-order valence-electron chi connectivity index (χ2n) is 10.4. The first kappa shape index (κ1) is 30.1.